The number of nitro benzene ring substituents is 1. The largest absolute Gasteiger partial charge is 0.497 e. The minimum atomic E-state index is -0.501. The number of nitrogens with one attached hydrogen (secondary N) is 1. The molecule has 0 bridgehead atoms. The molecular formula is C21H26N4O5. The highest BCUT2D eigenvalue weighted by atomic mass is 16.6. The van der Waals surface area contributed by atoms with Crippen molar-refractivity contribution >= 4 is 23.0 Å². The first-order valence-electron chi connectivity index (χ1n) is 9.69. The fourth-order valence-electron chi connectivity index (χ4n) is 3.47. The van der Waals surface area contributed by atoms with E-state index in [1.807, 2.05) is 25.1 Å². The fourth-order valence-corrected chi connectivity index (χ4v) is 3.47. The zero-order valence-electron chi connectivity index (χ0n) is 17.3. The first kappa shape index (κ1) is 21.4. The third-order valence-electron chi connectivity index (χ3n) is 5.31. The van der Waals surface area contributed by atoms with Crippen LogP contribution in [0.4, 0.5) is 17.1 Å². The topological polar surface area (TPSA) is 97.2 Å². The van der Waals surface area contributed by atoms with Crippen LogP contribution in [0.2, 0.25) is 0 Å². The van der Waals surface area contributed by atoms with Crippen LogP contribution in [0, 0.1) is 10.1 Å². The average molecular weight is 414 g/mol. The Balaban J connectivity index is 1.60. The van der Waals surface area contributed by atoms with Gasteiger partial charge in [0.1, 0.15) is 11.5 Å². The molecule has 9 heteroatoms. The van der Waals surface area contributed by atoms with E-state index >= 15 is 0 Å². The van der Waals surface area contributed by atoms with Crippen LogP contribution in [0.25, 0.3) is 0 Å². The van der Waals surface area contributed by atoms with E-state index in [0.29, 0.717) is 5.69 Å². The van der Waals surface area contributed by atoms with Crippen molar-refractivity contribution in [2.45, 2.75) is 13.0 Å². The van der Waals surface area contributed by atoms with Crippen LogP contribution in [0.1, 0.15) is 6.92 Å². The Bertz CT molecular complexity index is 912. The van der Waals surface area contributed by atoms with Crippen molar-refractivity contribution in [1.29, 1.82) is 0 Å². The summed E-state index contributed by atoms with van der Waals surface area (Å²) < 4.78 is 10.5. The molecule has 3 rings (SSSR count). The smallest absolute Gasteiger partial charge is 0.273 e. The van der Waals surface area contributed by atoms with Gasteiger partial charge < -0.3 is 19.7 Å². The summed E-state index contributed by atoms with van der Waals surface area (Å²) in [5.41, 5.74) is 1.42. The van der Waals surface area contributed by atoms with Crippen LogP contribution in [0.15, 0.2) is 42.5 Å². The van der Waals surface area contributed by atoms with Crippen LogP contribution in [0.3, 0.4) is 0 Å². The number of benzene rings is 2. The highest BCUT2D eigenvalue weighted by Crippen LogP contribution is 2.29. The lowest BCUT2D eigenvalue weighted by Gasteiger charge is -2.38. The van der Waals surface area contributed by atoms with E-state index in [4.69, 9.17) is 9.47 Å². The molecule has 160 valence electrons. The minimum Gasteiger partial charge on any atom is -0.497 e. The Kier molecular flexibility index (Phi) is 6.73. The molecular weight excluding hydrogens is 388 g/mol. The van der Waals surface area contributed by atoms with Crippen molar-refractivity contribution in [2.75, 3.05) is 50.6 Å². The first-order valence-corrected chi connectivity index (χ1v) is 9.69. The number of piperazine rings is 1. The van der Waals surface area contributed by atoms with Crippen molar-refractivity contribution < 1.29 is 19.2 Å². The maximum Gasteiger partial charge on any atom is 0.273 e. The standard InChI is InChI=1S/C21H26N4O5/c1-15(21(26)22-19-8-7-17(25(27)28)14-20(19)30-3)23-9-11-24(12-10-23)16-5-4-6-18(13-16)29-2/h4-8,13-15H,9-12H2,1-3H3,(H,22,26)/t15-/m1/s1. The molecule has 1 saturated heterocycles. The molecule has 1 N–H and O–H groups in total. The molecule has 1 aliphatic heterocycles. The molecule has 1 atom stereocenters. The quantitative estimate of drug-likeness (QED) is 0.550. The van der Waals surface area contributed by atoms with Gasteiger partial charge in [0.05, 0.1) is 36.9 Å². The van der Waals surface area contributed by atoms with E-state index in [2.05, 4.69) is 21.2 Å². The van der Waals surface area contributed by atoms with Gasteiger partial charge in [-0.25, -0.2) is 0 Å². The SMILES string of the molecule is COc1cccc(N2CCN([C@H](C)C(=O)Nc3ccc([N+](=O)[O-])cc3OC)CC2)c1. The third-order valence-corrected chi connectivity index (χ3v) is 5.31. The number of non-ortho nitro benzene ring substituents is 1. The number of methoxy groups -OCH3 is 2. The summed E-state index contributed by atoms with van der Waals surface area (Å²) in [6, 6.07) is 11.7. The molecule has 9 nitrogen and oxygen atoms in total. The Morgan fingerprint density at radius 2 is 1.83 bits per heavy atom. The summed E-state index contributed by atoms with van der Waals surface area (Å²) in [7, 11) is 3.06. The third kappa shape index (κ3) is 4.80. The number of nitrogens with zero attached hydrogens (tertiary/aromatic N) is 3. The van der Waals surface area contributed by atoms with E-state index in [1.165, 1.54) is 25.3 Å². The fraction of sp³-hybridized carbons (Fsp3) is 0.381. The Hall–Kier alpha value is -3.33. The van der Waals surface area contributed by atoms with Gasteiger partial charge in [-0.15, -0.1) is 0 Å². The van der Waals surface area contributed by atoms with E-state index in [1.54, 1.807) is 7.11 Å². The van der Waals surface area contributed by atoms with E-state index in [9.17, 15) is 14.9 Å². The monoisotopic (exact) mass is 414 g/mol. The minimum absolute atomic E-state index is 0.0911. The van der Waals surface area contributed by atoms with Crippen molar-refractivity contribution in [3.63, 3.8) is 0 Å². The number of rotatable bonds is 7. The van der Waals surface area contributed by atoms with Crippen molar-refractivity contribution in [2.24, 2.45) is 0 Å². The average Bonchev–Trinajstić information content (AvgIpc) is 2.78. The number of hydrogen-bond acceptors (Lipinski definition) is 7. The second-order valence-corrected chi connectivity index (χ2v) is 7.03. The van der Waals surface area contributed by atoms with Crippen molar-refractivity contribution in [3.8, 4) is 11.5 Å². The molecule has 2 aromatic rings. The molecule has 0 radical (unpaired) electrons. The number of carbonyl (C=O) groups is 1. The molecule has 2 aromatic carbocycles. The van der Waals surface area contributed by atoms with Gasteiger partial charge in [0.15, 0.2) is 0 Å². The normalized spacial score (nSPS) is 15.4. The lowest BCUT2D eigenvalue weighted by Crippen LogP contribution is -2.52. The van der Waals surface area contributed by atoms with Crippen molar-refractivity contribution in [1.82, 2.24) is 4.90 Å². The summed E-state index contributed by atoms with van der Waals surface area (Å²) in [5.74, 6) is 0.893. The Labute approximate surface area is 175 Å². The van der Waals surface area contributed by atoms with Gasteiger partial charge in [0.25, 0.3) is 5.69 Å². The predicted octanol–water partition coefficient (Wildman–Crippen LogP) is 2.76. The van der Waals surface area contributed by atoms with Crippen LogP contribution in [-0.4, -0.2) is 62.2 Å². The summed E-state index contributed by atoms with van der Waals surface area (Å²) in [6.07, 6.45) is 0. The van der Waals surface area contributed by atoms with Crippen LogP contribution < -0.4 is 19.7 Å². The number of amides is 1. The lowest BCUT2D eigenvalue weighted by molar-refractivity contribution is -0.384. The number of nitro groups is 1. The van der Waals surface area contributed by atoms with Gasteiger partial charge >= 0.3 is 0 Å². The maximum atomic E-state index is 12.8. The van der Waals surface area contributed by atoms with Gasteiger partial charge in [-0.05, 0) is 25.1 Å². The molecule has 0 aromatic heterocycles. The maximum absolute atomic E-state index is 12.8. The number of ether oxygens (including phenoxy) is 2. The van der Waals surface area contributed by atoms with Gasteiger partial charge in [-0.1, -0.05) is 6.07 Å². The van der Waals surface area contributed by atoms with Crippen LogP contribution in [-0.2, 0) is 4.79 Å². The van der Waals surface area contributed by atoms with Gasteiger partial charge in [-0.3, -0.25) is 19.8 Å². The number of carbonyl (C=O) groups excluding carboxylic acids is 1. The van der Waals surface area contributed by atoms with E-state index in [0.717, 1.165) is 37.6 Å². The van der Waals surface area contributed by atoms with Gasteiger partial charge in [0, 0.05) is 44.0 Å². The molecule has 1 fully saturated rings. The zero-order valence-corrected chi connectivity index (χ0v) is 17.3. The molecule has 1 aliphatic rings. The molecule has 0 saturated carbocycles. The molecule has 0 spiro atoms. The predicted molar refractivity (Wildman–Crippen MR) is 115 cm³/mol. The van der Waals surface area contributed by atoms with Crippen molar-refractivity contribution in [3.05, 3.63) is 52.6 Å². The molecule has 30 heavy (non-hydrogen) atoms. The first-order chi connectivity index (χ1) is 14.4. The Morgan fingerprint density at radius 1 is 1.10 bits per heavy atom. The second-order valence-electron chi connectivity index (χ2n) is 7.03. The second kappa shape index (κ2) is 9.45. The highest BCUT2D eigenvalue weighted by molar-refractivity contribution is 5.96. The summed E-state index contributed by atoms with van der Waals surface area (Å²) >= 11 is 0. The van der Waals surface area contributed by atoms with Crippen LogP contribution >= 0.6 is 0 Å². The summed E-state index contributed by atoms with van der Waals surface area (Å²) in [4.78, 5) is 27.6. The van der Waals surface area contributed by atoms with E-state index < -0.39 is 4.92 Å². The highest BCUT2D eigenvalue weighted by Gasteiger charge is 2.26. The van der Waals surface area contributed by atoms with Crippen LogP contribution in [0.5, 0.6) is 11.5 Å². The molecule has 0 aliphatic carbocycles. The zero-order chi connectivity index (χ0) is 21.7. The Morgan fingerprint density at radius 3 is 2.47 bits per heavy atom. The number of hydrogen-bond donors (Lipinski definition) is 1. The summed E-state index contributed by atoms with van der Waals surface area (Å²) in [6.45, 7) is 4.93. The molecule has 0 unspecified atom stereocenters. The molecule has 1 heterocycles. The van der Waals surface area contributed by atoms with Gasteiger partial charge in [-0.2, -0.15) is 0 Å². The number of anilines is 2. The lowest BCUT2D eigenvalue weighted by atomic mass is 10.2. The van der Waals surface area contributed by atoms with Gasteiger partial charge in [0.2, 0.25) is 5.91 Å². The summed E-state index contributed by atoms with van der Waals surface area (Å²) in [5, 5.41) is 13.8. The molecule has 1 amide bonds. The van der Waals surface area contributed by atoms with E-state index in [-0.39, 0.29) is 23.4 Å².